The summed E-state index contributed by atoms with van der Waals surface area (Å²) in [5.41, 5.74) is 9.89. The van der Waals surface area contributed by atoms with Gasteiger partial charge in [0, 0.05) is 18.2 Å². The van der Waals surface area contributed by atoms with Gasteiger partial charge in [0.15, 0.2) is 11.4 Å². The zero-order valence-corrected chi connectivity index (χ0v) is 12.8. The second-order valence-corrected chi connectivity index (χ2v) is 5.23. The molecule has 0 radical (unpaired) electrons. The van der Waals surface area contributed by atoms with E-state index in [1.165, 1.54) is 0 Å². The molecule has 0 amide bonds. The summed E-state index contributed by atoms with van der Waals surface area (Å²) in [5, 5.41) is 0. The minimum atomic E-state index is 0.591. The molecule has 114 valence electrons. The number of aromatic nitrogens is 2. The van der Waals surface area contributed by atoms with Gasteiger partial charge < -0.3 is 14.9 Å². The molecular weight excluding hydrogens is 274 g/mol. The molecule has 22 heavy (non-hydrogen) atoms. The van der Waals surface area contributed by atoms with Crippen molar-refractivity contribution in [3.8, 4) is 17.0 Å². The first kappa shape index (κ1) is 14.6. The van der Waals surface area contributed by atoms with E-state index in [0.29, 0.717) is 13.2 Å². The van der Waals surface area contributed by atoms with E-state index in [1.807, 2.05) is 36.5 Å². The van der Waals surface area contributed by atoms with Crippen LogP contribution in [0.2, 0.25) is 0 Å². The topological polar surface area (TPSA) is 52.5 Å². The van der Waals surface area contributed by atoms with Gasteiger partial charge in [0.25, 0.3) is 0 Å². The molecule has 0 bridgehead atoms. The molecule has 2 heterocycles. The summed E-state index contributed by atoms with van der Waals surface area (Å²) in [7, 11) is 0. The maximum absolute atomic E-state index is 5.84. The number of imidazole rings is 1. The maximum Gasteiger partial charge on any atom is 0.180 e. The van der Waals surface area contributed by atoms with Crippen LogP contribution in [0, 0.1) is 0 Å². The summed E-state index contributed by atoms with van der Waals surface area (Å²) in [4.78, 5) is 4.84. The molecule has 0 aliphatic rings. The van der Waals surface area contributed by atoms with Gasteiger partial charge in [-0.05, 0) is 25.1 Å². The van der Waals surface area contributed by atoms with Gasteiger partial charge in [-0.3, -0.25) is 0 Å². The summed E-state index contributed by atoms with van der Waals surface area (Å²) >= 11 is 0. The molecule has 0 spiro atoms. The third kappa shape index (κ3) is 2.70. The molecule has 4 heteroatoms. The van der Waals surface area contributed by atoms with Crippen LogP contribution in [0.5, 0.6) is 5.75 Å². The highest BCUT2D eigenvalue weighted by molar-refractivity contribution is 5.69. The van der Waals surface area contributed by atoms with Crippen LogP contribution < -0.4 is 10.5 Å². The van der Waals surface area contributed by atoms with Gasteiger partial charge in [0.1, 0.15) is 0 Å². The van der Waals surface area contributed by atoms with Crippen molar-refractivity contribution in [2.45, 2.75) is 19.8 Å². The largest absolute Gasteiger partial charge is 0.490 e. The molecule has 3 aromatic rings. The predicted molar refractivity (Wildman–Crippen MR) is 89.2 cm³/mol. The van der Waals surface area contributed by atoms with E-state index in [0.717, 1.165) is 41.2 Å². The first-order chi connectivity index (χ1) is 10.8. The van der Waals surface area contributed by atoms with Crippen molar-refractivity contribution >= 4 is 5.65 Å². The second-order valence-electron chi connectivity index (χ2n) is 5.23. The van der Waals surface area contributed by atoms with Crippen molar-refractivity contribution in [3.05, 3.63) is 54.4 Å². The first-order valence-corrected chi connectivity index (χ1v) is 7.73. The fourth-order valence-corrected chi connectivity index (χ4v) is 2.62. The number of benzene rings is 1. The second kappa shape index (κ2) is 6.62. The number of pyridine rings is 1. The lowest BCUT2D eigenvalue weighted by molar-refractivity contribution is 0.319. The van der Waals surface area contributed by atoms with Crippen LogP contribution in [-0.2, 0) is 6.42 Å². The molecule has 3 rings (SSSR count). The van der Waals surface area contributed by atoms with Crippen LogP contribution in [-0.4, -0.2) is 22.5 Å². The van der Waals surface area contributed by atoms with Crippen molar-refractivity contribution in [1.29, 1.82) is 0 Å². The molecule has 0 saturated carbocycles. The highest BCUT2D eigenvalue weighted by Crippen LogP contribution is 2.28. The first-order valence-electron chi connectivity index (χ1n) is 7.73. The Kier molecular flexibility index (Phi) is 4.39. The summed E-state index contributed by atoms with van der Waals surface area (Å²) in [6.07, 6.45) is 3.78. The molecule has 0 saturated heterocycles. The smallest absolute Gasteiger partial charge is 0.180 e. The van der Waals surface area contributed by atoms with Crippen molar-refractivity contribution < 1.29 is 4.74 Å². The number of rotatable bonds is 6. The third-order valence-electron chi connectivity index (χ3n) is 3.60. The molecule has 0 aliphatic carbocycles. The van der Waals surface area contributed by atoms with E-state index in [-0.39, 0.29) is 0 Å². The van der Waals surface area contributed by atoms with Crippen LogP contribution >= 0.6 is 0 Å². The van der Waals surface area contributed by atoms with Gasteiger partial charge in [-0.2, -0.15) is 0 Å². The molecule has 0 atom stereocenters. The number of hydrogen-bond acceptors (Lipinski definition) is 3. The van der Waals surface area contributed by atoms with Crippen molar-refractivity contribution in [1.82, 2.24) is 9.38 Å². The number of nitrogens with two attached hydrogens (primary N) is 1. The zero-order chi connectivity index (χ0) is 15.4. The Labute approximate surface area is 130 Å². The van der Waals surface area contributed by atoms with E-state index < -0.39 is 0 Å². The molecule has 2 N–H and O–H groups in total. The van der Waals surface area contributed by atoms with Crippen LogP contribution in [0.3, 0.4) is 0 Å². The van der Waals surface area contributed by atoms with E-state index >= 15 is 0 Å². The maximum atomic E-state index is 5.84. The average Bonchev–Trinajstić information content (AvgIpc) is 2.93. The number of hydrogen-bond donors (Lipinski definition) is 1. The lowest BCUT2D eigenvalue weighted by Crippen LogP contribution is -2.06. The number of fused-ring (bicyclic) bond motifs is 1. The zero-order valence-electron chi connectivity index (χ0n) is 12.8. The van der Waals surface area contributed by atoms with E-state index in [1.54, 1.807) is 0 Å². The Morgan fingerprint density at radius 2 is 1.95 bits per heavy atom. The minimum Gasteiger partial charge on any atom is -0.490 e. The van der Waals surface area contributed by atoms with Gasteiger partial charge in [0.2, 0.25) is 0 Å². The molecule has 0 unspecified atom stereocenters. The van der Waals surface area contributed by atoms with Crippen molar-refractivity contribution in [3.63, 3.8) is 0 Å². The Morgan fingerprint density at radius 3 is 2.68 bits per heavy atom. The predicted octanol–water partition coefficient (Wildman–Crippen LogP) is 3.29. The van der Waals surface area contributed by atoms with E-state index in [9.17, 15) is 0 Å². The summed E-state index contributed by atoms with van der Waals surface area (Å²) < 4.78 is 7.93. The molecule has 0 fully saturated rings. The quantitative estimate of drug-likeness (QED) is 0.759. The third-order valence-corrected chi connectivity index (χ3v) is 3.60. The number of nitrogens with zero attached hydrogens (tertiary/aromatic N) is 2. The SMILES string of the molecule is CCCOc1cccn2c(CCN)c(-c3ccccc3)nc12. The Morgan fingerprint density at radius 1 is 1.14 bits per heavy atom. The highest BCUT2D eigenvalue weighted by atomic mass is 16.5. The van der Waals surface area contributed by atoms with E-state index in [4.69, 9.17) is 15.5 Å². The summed E-state index contributed by atoms with van der Waals surface area (Å²) in [5.74, 6) is 0.824. The molecule has 2 aromatic heterocycles. The van der Waals surface area contributed by atoms with Gasteiger partial charge in [-0.1, -0.05) is 37.3 Å². The molecule has 0 aliphatic heterocycles. The van der Waals surface area contributed by atoms with Crippen LogP contribution in [0.4, 0.5) is 0 Å². The molecular formula is C18H21N3O. The standard InChI is InChI=1S/C18H21N3O/c1-2-13-22-16-9-6-12-21-15(10-11-19)17(20-18(16)21)14-7-4-3-5-8-14/h3-9,12H,2,10-11,13,19H2,1H3. The van der Waals surface area contributed by atoms with Gasteiger partial charge >= 0.3 is 0 Å². The Balaban J connectivity index is 2.17. The average molecular weight is 295 g/mol. The van der Waals surface area contributed by atoms with Gasteiger partial charge in [-0.15, -0.1) is 0 Å². The summed E-state index contributed by atoms with van der Waals surface area (Å²) in [6, 6.07) is 14.2. The van der Waals surface area contributed by atoms with E-state index in [2.05, 4.69) is 23.5 Å². The van der Waals surface area contributed by atoms with Crippen LogP contribution in [0.1, 0.15) is 19.0 Å². The van der Waals surface area contributed by atoms with Gasteiger partial charge in [-0.25, -0.2) is 4.98 Å². The monoisotopic (exact) mass is 295 g/mol. The summed E-state index contributed by atoms with van der Waals surface area (Å²) in [6.45, 7) is 3.38. The van der Waals surface area contributed by atoms with Crippen molar-refractivity contribution in [2.24, 2.45) is 5.73 Å². The Hall–Kier alpha value is -2.33. The molecule has 4 nitrogen and oxygen atoms in total. The fourth-order valence-electron chi connectivity index (χ4n) is 2.62. The van der Waals surface area contributed by atoms with Gasteiger partial charge in [0.05, 0.1) is 18.0 Å². The molecule has 1 aromatic carbocycles. The highest BCUT2D eigenvalue weighted by Gasteiger charge is 2.15. The normalized spacial score (nSPS) is 11.0. The Bertz CT molecular complexity index is 750. The van der Waals surface area contributed by atoms with Crippen LogP contribution in [0.25, 0.3) is 16.9 Å². The minimum absolute atomic E-state index is 0.591. The number of ether oxygens (including phenoxy) is 1. The lowest BCUT2D eigenvalue weighted by atomic mass is 10.1. The lowest BCUT2D eigenvalue weighted by Gasteiger charge is -2.07. The van der Waals surface area contributed by atoms with Crippen LogP contribution in [0.15, 0.2) is 48.7 Å². The fraction of sp³-hybridized carbons (Fsp3) is 0.278. The van der Waals surface area contributed by atoms with Crippen molar-refractivity contribution in [2.75, 3.05) is 13.2 Å².